The summed E-state index contributed by atoms with van der Waals surface area (Å²) in [4.78, 5) is 27.2. The molecule has 8 heteroatoms. The number of carbonyl (C=O) groups excluding carboxylic acids is 1. The number of aliphatic hydroxyl groups is 1. The van der Waals surface area contributed by atoms with Crippen LogP contribution in [0.1, 0.15) is 32.9 Å². The number of nitrogens with one attached hydrogen (secondary N) is 2. The van der Waals surface area contributed by atoms with Crippen LogP contribution in [0.2, 0.25) is 0 Å². The highest BCUT2D eigenvalue weighted by molar-refractivity contribution is 6.03. The number of aromatic nitrogens is 5. The number of aliphatic hydroxyl groups excluding tert-OH is 1. The summed E-state index contributed by atoms with van der Waals surface area (Å²) in [5, 5.41) is 17.8. The molecule has 0 fully saturated rings. The average Bonchev–Trinajstić information content (AvgIpc) is 3.78. The molecule has 0 radical (unpaired) electrons. The fourth-order valence-electron chi connectivity index (χ4n) is 6.96. The number of rotatable bonds is 10. The average molecular weight is 655 g/mol. The maximum absolute atomic E-state index is 13.5. The molecule has 3 N–H and O–H groups in total. The van der Waals surface area contributed by atoms with Crippen LogP contribution in [0.4, 0.5) is 0 Å². The molecule has 3 aromatic heterocycles. The van der Waals surface area contributed by atoms with Crippen molar-refractivity contribution in [2.24, 2.45) is 0 Å². The minimum Gasteiger partial charge on any atom is -0.394 e. The zero-order valence-electron chi connectivity index (χ0n) is 27.1. The number of fused-ring (bicyclic) bond motifs is 2. The van der Waals surface area contributed by atoms with Crippen molar-refractivity contribution >= 4 is 27.8 Å². The first-order valence-electron chi connectivity index (χ1n) is 16.6. The van der Waals surface area contributed by atoms with Crippen molar-refractivity contribution in [1.82, 2.24) is 30.0 Å². The minimum atomic E-state index is -0.826. The zero-order chi connectivity index (χ0) is 33.9. The van der Waals surface area contributed by atoms with Crippen molar-refractivity contribution in [3.63, 3.8) is 0 Å². The molecule has 5 aromatic carbocycles. The van der Waals surface area contributed by atoms with Gasteiger partial charge in [-0.1, -0.05) is 121 Å². The summed E-state index contributed by atoms with van der Waals surface area (Å²) < 4.78 is 2.22. The van der Waals surface area contributed by atoms with Crippen LogP contribution in [-0.4, -0.2) is 48.4 Å². The molecule has 0 aliphatic heterocycles. The van der Waals surface area contributed by atoms with Crippen molar-refractivity contribution < 1.29 is 9.90 Å². The number of carbonyl (C=O) groups is 1. The molecule has 0 saturated heterocycles. The number of pyridine rings is 1. The van der Waals surface area contributed by atoms with E-state index in [-0.39, 0.29) is 12.4 Å². The monoisotopic (exact) mass is 654 g/mol. The summed E-state index contributed by atoms with van der Waals surface area (Å²) in [5.41, 5.74) is 7.28. The summed E-state index contributed by atoms with van der Waals surface area (Å²) in [6.07, 6.45) is 4.05. The van der Waals surface area contributed by atoms with Crippen LogP contribution in [0.5, 0.6) is 0 Å². The number of benzene rings is 5. The Bertz CT molecular complexity index is 2280. The van der Waals surface area contributed by atoms with Crippen molar-refractivity contribution in [1.29, 1.82) is 0 Å². The molecule has 0 unspecified atom stereocenters. The molecule has 0 saturated carbocycles. The van der Waals surface area contributed by atoms with Crippen LogP contribution in [0.15, 0.2) is 158 Å². The van der Waals surface area contributed by atoms with Crippen LogP contribution in [-0.2, 0) is 12.0 Å². The molecule has 1 atom stereocenters. The first-order chi connectivity index (χ1) is 24.6. The van der Waals surface area contributed by atoms with Crippen LogP contribution in [0, 0.1) is 0 Å². The van der Waals surface area contributed by atoms with E-state index in [9.17, 15) is 9.90 Å². The fraction of sp³-hybridized carbons (Fsp3) is 0.0952. The largest absolute Gasteiger partial charge is 0.394 e. The maximum atomic E-state index is 13.5. The van der Waals surface area contributed by atoms with E-state index < -0.39 is 17.5 Å². The highest BCUT2D eigenvalue weighted by Gasteiger charge is 2.40. The van der Waals surface area contributed by atoms with E-state index in [1.165, 1.54) is 0 Å². The van der Waals surface area contributed by atoms with Crippen LogP contribution in [0.3, 0.4) is 0 Å². The number of hydrogen-bond donors (Lipinski definition) is 3. The lowest BCUT2D eigenvalue weighted by Crippen LogP contribution is -2.39. The number of H-pyrrole nitrogens is 1. The van der Waals surface area contributed by atoms with Gasteiger partial charge in [-0.15, -0.1) is 0 Å². The van der Waals surface area contributed by atoms with Gasteiger partial charge in [-0.25, -0.2) is 9.97 Å². The van der Waals surface area contributed by atoms with E-state index in [1.807, 2.05) is 72.8 Å². The zero-order valence-corrected chi connectivity index (χ0v) is 27.1. The summed E-state index contributed by atoms with van der Waals surface area (Å²) in [6, 6.07) is 48.6. The van der Waals surface area contributed by atoms with Gasteiger partial charge in [0.1, 0.15) is 5.54 Å². The molecule has 244 valence electrons. The Morgan fingerprint density at radius 3 is 1.78 bits per heavy atom. The lowest BCUT2D eigenvalue weighted by atomic mass is 9.77. The van der Waals surface area contributed by atoms with Gasteiger partial charge in [0, 0.05) is 23.3 Å². The fourth-order valence-corrected chi connectivity index (χ4v) is 6.96. The van der Waals surface area contributed by atoms with Gasteiger partial charge in [-0.05, 0) is 52.9 Å². The Morgan fingerprint density at radius 1 is 0.720 bits per heavy atom. The standard InChI is InChI=1S/C42H34N6O2/c49-28-34(25-29-13-5-1-6-14-29)44-41(50)40-45-36-26-35-38(27-37(36)46-40)48(47-39(35)30-21-23-43-24-22-30)42(31-15-7-2-8-16-31,32-17-9-3-10-18-32)33-19-11-4-12-20-33/h1-24,26-27,34,47,49H,25,28H2,(H,44,50)/t34-/m0/s1. The van der Waals surface area contributed by atoms with E-state index in [0.29, 0.717) is 17.5 Å². The van der Waals surface area contributed by atoms with Gasteiger partial charge in [0.2, 0.25) is 5.82 Å². The molecule has 0 aliphatic rings. The molecule has 8 aromatic rings. The minimum absolute atomic E-state index is 0.0561. The lowest BCUT2D eigenvalue weighted by Gasteiger charge is -2.37. The Balaban J connectivity index is 1.34. The molecule has 0 bridgehead atoms. The Hall–Kier alpha value is -6.38. The molecule has 8 rings (SSSR count). The molecule has 50 heavy (non-hydrogen) atoms. The van der Waals surface area contributed by atoms with Gasteiger partial charge >= 0.3 is 0 Å². The van der Waals surface area contributed by atoms with Crippen molar-refractivity contribution in [2.45, 2.75) is 18.0 Å². The van der Waals surface area contributed by atoms with Gasteiger partial charge in [-0.3, -0.25) is 19.6 Å². The van der Waals surface area contributed by atoms with Crippen LogP contribution in [0.25, 0.3) is 33.2 Å². The molecule has 1 amide bonds. The van der Waals surface area contributed by atoms with Gasteiger partial charge in [0.25, 0.3) is 5.91 Å². The Morgan fingerprint density at radius 2 is 1.24 bits per heavy atom. The summed E-state index contributed by atoms with van der Waals surface area (Å²) in [6.45, 7) is -0.208. The third-order valence-corrected chi connectivity index (χ3v) is 9.24. The second-order valence-corrected chi connectivity index (χ2v) is 12.3. The summed E-state index contributed by atoms with van der Waals surface area (Å²) >= 11 is 0. The highest BCUT2D eigenvalue weighted by Crippen LogP contribution is 2.44. The topological polar surface area (TPSA) is 109 Å². The first kappa shape index (κ1) is 30.9. The Labute approximate surface area is 289 Å². The normalized spacial score (nSPS) is 12.3. The number of hydrogen-bond acceptors (Lipinski definition) is 5. The first-order valence-corrected chi connectivity index (χ1v) is 16.6. The van der Waals surface area contributed by atoms with E-state index >= 15 is 0 Å². The van der Waals surface area contributed by atoms with Crippen LogP contribution >= 0.6 is 0 Å². The SMILES string of the molecule is O=C(N[C@H](CO)Cc1ccccc1)c1nc2cc3c(-c4ccncc4)[nH]n(C(c4ccccc4)(c4ccccc4)c4ccccc4)c3cc2n1. The van der Waals surface area contributed by atoms with Crippen molar-refractivity contribution in [3.8, 4) is 11.3 Å². The quantitative estimate of drug-likeness (QED) is 0.136. The Kier molecular flexibility index (Phi) is 8.20. The van der Waals surface area contributed by atoms with E-state index in [4.69, 9.17) is 9.97 Å². The number of aromatic amines is 1. The molecule has 0 spiro atoms. The maximum Gasteiger partial charge on any atom is 0.289 e. The molecular weight excluding hydrogens is 621 g/mol. The van der Waals surface area contributed by atoms with Crippen molar-refractivity contribution in [3.05, 3.63) is 186 Å². The molecule has 3 heterocycles. The van der Waals surface area contributed by atoms with Gasteiger partial charge in [0.05, 0.1) is 34.9 Å². The summed E-state index contributed by atoms with van der Waals surface area (Å²) in [7, 11) is 0. The highest BCUT2D eigenvalue weighted by atomic mass is 16.3. The third kappa shape index (κ3) is 5.51. The third-order valence-electron chi connectivity index (χ3n) is 9.24. The summed E-state index contributed by atoms with van der Waals surface area (Å²) in [5.74, 6) is -0.377. The number of imidazole rings is 1. The molecule has 8 nitrogen and oxygen atoms in total. The van der Waals surface area contributed by atoms with Gasteiger partial charge < -0.3 is 10.4 Å². The second-order valence-electron chi connectivity index (χ2n) is 12.3. The predicted molar refractivity (Wildman–Crippen MR) is 196 cm³/mol. The molecule has 0 aliphatic carbocycles. The van der Waals surface area contributed by atoms with Crippen molar-refractivity contribution in [2.75, 3.05) is 6.61 Å². The van der Waals surface area contributed by atoms with Gasteiger partial charge in [-0.2, -0.15) is 0 Å². The second kappa shape index (κ2) is 13.3. The smallest absolute Gasteiger partial charge is 0.289 e. The number of amides is 1. The molecular formula is C42H34N6O2. The van der Waals surface area contributed by atoms with E-state index in [0.717, 1.165) is 44.4 Å². The van der Waals surface area contributed by atoms with E-state index in [2.05, 4.69) is 92.9 Å². The predicted octanol–water partition coefficient (Wildman–Crippen LogP) is 7.15. The van der Waals surface area contributed by atoms with E-state index in [1.54, 1.807) is 12.4 Å². The lowest BCUT2D eigenvalue weighted by molar-refractivity contribution is 0.0907. The van der Waals surface area contributed by atoms with Gasteiger partial charge in [0.15, 0.2) is 0 Å². The number of nitrogens with zero attached hydrogens (tertiary/aromatic N) is 4. The van der Waals surface area contributed by atoms with Crippen LogP contribution < -0.4 is 5.32 Å².